The van der Waals surface area contributed by atoms with Crippen molar-refractivity contribution in [1.82, 2.24) is 4.98 Å². The van der Waals surface area contributed by atoms with Crippen molar-refractivity contribution in [2.75, 3.05) is 18.7 Å². The van der Waals surface area contributed by atoms with E-state index in [1.165, 1.54) is 18.9 Å². The van der Waals surface area contributed by atoms with Gasteiger partial charge in [0.1, 0.15) is 5.03 Å². The van der Waals surface area contributed by atoms with Crippen molar-refractivity contribution >= 4 is 29.3 Å². The molecular formula is C21H18N2O4S. The minimum atomic E-state index is -0.515. The molecule has 28 heavy (non-hydrogen) atoms. The zero-order valence-corrected chi connectivity index (χ0v) is 16.2. The molecule has 7 heteroatoms. The highest BCUT2D eigenvalue weighted by molar-refractivity contribution is 7.98. The van der Waals surface area contributed by atoms with Gasteiger partial charge in [0.25, 0.3) is 5.91 Å². The Balaban J connectivity index is 1.69. The van der Waals surface area contributed by atoms with Crippen LogP contribution in [0.3, 0.4) is 0 Å². The van der Waals surface area contributed by atoms with Gasteiger partial charge in [-0.1, -0.05) is 12.1 Å². The maximum absolute atomic E-state index is 12.5. The first kappa shape index (κ1) is 19.4. The molecule has 0 saturated carbocycles. The molecule has 0 unspecified atom stereocenters. The number of amides is 1. The number of rotatable bonds is 6. The third-order valence-corrected chi connectivity index (χ3v) is 4.57. The van der Waals surface area contributed by atoms with Crippen LogP contribution in [0.25, 0.3) is 0 Å². The lowest BCUT2D eigenvalue weighted by molar-refractivity contribution is 0.0729. The maximum atomic E-state index is 12.5. The lowest BCUT2D eigenvalue weighted by atomic mass is 10.2. The SMILES string of the molecule is COc1ccccc1OC(=O)c1ccc(NC(=O)c2cccnc2SC)cc1. The van der Waals surface area contributed by atoms with Crippen LogP contribution in [0.15, 0.2) is 71.9 Å². The molecule has 0 atom stereocenters. The summed E-state index contributed by atoms with van der Waals surface area (Å²) in [6, 6.07) is 16.8. The molecule has 0 aliphatic rings. The average Bonchev–Trinajstić information content (AvgIpc) is 2.74. The molecule has 142 valence electrons. The number of para-hydroxylation sites is 2. The van der Waals surface area contributed by atoms with E-state index in [4.69, 9.17) is 9.47 Å². The molecule has 0 spiro atoms. The number of carbonyl (C=O) groups is 2. The first-order valence-electron chi connectivity index (χ1n) is 8.38. The Morgan fingerprint density at radius 2 is 1.68 bits per heavy atom. The second kappa shape index (κ2) is 9.05. The molecule has 1 N–H and O–H groups in total. The van der Waals surface area contributed by atoms with E-state index in [0.29, 0.717) is 33.3 Å². The van der Waals surface area contributed by atoms with Crippen molar-refractivity contribution in [2.24, 2.45) is 0 Å². The number of anilines is 1. The molecule has 3 aromatic rings. The van der Waals surface area contributed by atoms with Gasteiger partial charge in [0.05, 0.1) is 18.2 Å². The van der Waals surface area contributed by atoms with Crippen molar-refractivity contribution in [3.05, 3.63) is 78.0 Å². The fourth-order valence-corrected chi connectivity index (χ4v) is 3.02. The summed E-state index contributed by atoms with van der Waals surface area (Å²) in [6.45, 7) is 0. The molecule has 3 rings (SSSR count). The second-order valence-corrected chi connectivity index (χ2v) is 6.43. The van der Waals surface area contributed by atoms with Gasteiger partial charge in [-0.25, -0.2) is 9.78 Å². The number of pyridine rings is 1. The highest BCUT2D eigenvalue weighted by atomic mass is 32.2. The summed E-state index contributed by atoms with van der Waals surface area (Å²) in [5.41, 5.74) is 1.42. The van der Waals surface area contributed by atoms with Crippen molar-refractivity contribution in [3.8, 4) is 11.5 Å². The predicted octanol–water partition coefficient (Wildman–Crippen LogP) is 4.28. The minimum absolute atomic E-state index is 0.262. The van der Waals surface area contributed by atoms with Gasteiger partial charge in [-0.05, 0) is 54.8 Å². The van der Waals surface area contributed by atoms with E-state index in [2.05, 4.69) is 10.3 Å². The van der Waals surface area contributed by atoms with E-state index in [1.807, 2.05) is 6.26 Å². The first-order chi connectivity index (χ1) is 13.6. The summed E-state index contributed by atoms with van der Waals surface area (Å²) in [5.74, 6) is 0.0375. The Labute approximate surface area is 166 Å². The number of aromatic nitrogens is 1. The van der Waals surface area contributed by atoms with Gasteiger partial charge >= 0.3 is 5.97 Å². The van der Waals surface area contributed by atoms with Crippen LogP contribution < -0.4 is 14.8 Å². The van der Waals surface area contributed by atoms with Crippen molar-refractivity contribution < 1.29 is 19.1 Å². The molecule has 0 bridgehead atoms. The highest BCUT2D eigenvalue weighted by Gasteiger charge is 2.14. The van der Waals surface area contributed by atoms with Crippen LogP contribution in [-0.4, -0.2) is 30.2 Å². The van der Waals surface area contributed by atoms with E-state index in [-0.39, 0.29) is 5.91 Å². The standard InChI is InChI=1S/C21H18N2O4S/c1-26-17-7-3-4-8-18(17)27-21(25)14-9-11-15(12-10-14)23-19(24)16-6-5-13-22-20(16)28-2/h3-13H,1-2H3,(H,23,24). The summed E-state index contributed by atoms with van der Waals surface area (Å²) in [5, 5.41) is 3.45. The van der Waals surface area contributed by atoms with Crippen LogP contribution in [0.4, 0.5) is 5.69 Å². The Kier molecular flexibility index (Phi) is 6.29. The third kappa shape index (κ3) is 4.50. The van der Waals surface area contributed by atoms with Gasteiger partial charge in [0.15, 0.2) is 11.5 Å². The van der Waals surface area contributed by atoms with E-state index in [1.54, 1.807) is 66.9 Å². The number of carbonyl (C=O) groups excluding carboxylic acids is 2. The number of hydrogen-bond acceptors (Lipinski definition) is 6. The van der Waals surface area contributed by atoms with Gasteiger partial charge < -0.3 is 14.8 Å². The number of nitrogens with one attached hydrogen (secondary N) is 1. The zero-order valence-electron chi connectivity index (χ0n) is 15.3. The lowest BCUT2D eigenvalue weighted by Gasteiger charge is -2.10. The molecule has 0 radical (unpaired) electrons. The molecule has 0 aliphatic heterocycles. The molecule has 1 amide bonds. The molecule has 1 aromatic heterocycles. The van der Waals surface area contributed by atoms with E-state index in [9.17, 15) is 9.59 Å². The van der Waals surface area contributed by atoms with E-state index >= 15 is 0 Å². The first-order valence-corrected chi connectivity index (χ1v) is 9.60. The van der Waals surface area contributed by atoms with Crippen LogP contribution in [0.2, 0.25) is 0 Å². The van der Waals surface area contributed by atoms with Crippen LogP contribution in [0.5, 0.6) is 11.5 Å². The molecule has 0 saturated heterocycles. The fourth-order valence-electron chi connectivity index (χ4n) is 2.48. The van der Waals surface area contributed by atoms with E-state index < -0.39 is 5.97 Å². The van der Waals surface area contributed by atoms with Crippen molar-refractivity contribution in [3.63, 3.8) is 0 Å². The number of nitrogens with zero attached hydrogens (tertiary/aromatic N) is 1. The molecule has 6 nitrogen and oxygen atoms in total. The Morgan fingerprint density at radius 3 is 2.36 bits per heavy atom. The predicted molar refractivity (Wildman–Crippen MR) is 108 cm³/mol. The largest absolute Gasteiger partial charge is 0.493 e. The van der Waals surface area contributed by atoms with Gasteiger partial charge in [0.2, 0.25) is 0 Å². The maximum Gasteiger partial charge on any atom is 0.343 e. The highest BCUT2D eigenvalue weighted by Crippen LogP contribution is 2.27. The number of thioether (sulfide) groups is 1. The second-order valence-electron chi connectivity index (χ2n) is 5.63. The van der Waals surface area contributed by atoms with E-state index in [0.717, 1.165) is 0 Å². The van der Waals surface area contributed by atoms with Gasteiger partial charge in [-0.3, -0.25) is 4.79 Å². The van der Waals surface area contributed by atoms with Crippen molar-refractivity contribution in [2.45, 2.75) is 5.03 Å². The summed E-state index contributed by atoms with van der Waals surface area (Å²) in [4.78, 5) is 29.0. The smallest absolute Gasteiger partial charge is 0.343 e. The average molecular weight is 394 g/mol. The molecular weight excluding hydrogens is 376 g/mol. The van der Waals surface area contributed by atoms with Crippen LogP contribution in [0, 0.1) is 0 Å². The fraction of sp³-hybridized carbons (Fsp3) is 0.0952. The summed E-state index contributed by atoms with van der Waals surface area (Å²) < 4.78 is 10.6. The van der Waals surface area contributed by atoms with Gasteiger partial charge in [-0.2, -0.15) is 0 Å². The molecule has 1 heterocycles. The summed E-state index contributed by atoms with van der Waals surface area (Å²) in [6.07, 6.45) is 3.51. The molecule has 2 aromatic carbocycles. The molecule has 0 fully saturated rings. The number of esters is 1. The summed E-state index contributed by atoms with van der Waals surface area (Å²) >= 11 is 1.40. The minimum Gasteiger partial charge on any atom is -0.493 e. The van der Waals surface area contributed by atoms with Gasteiger partial charge in [0, 0.05) is 11.9 Å². The number of hydrogen-bond donors (Lipinski definition) is 1. The molecule has 0 aliphatic carbocycles. The summed E-state index contributed by atoms with van der Waals surface area (Å²) in [7, 11) is 1.51. The van der Waals surface area contributed by atoms with Crippen LogP contribution >= 0.6 is 11.8 Å². The monoisotopic (exact) mass is 394 g/mol. The Hall–Kier alpha value is -3.32. The zero-order chi connectivity index (χ0) is 19.9. The quantitative estimate of drug-likeness (QED) is 0.382. The topological polar surface area (TPSA) is 77.5 Å². The Morgan fingerprint density at radius 1 is 0.964 bits per heavy atom. The number of ether oxygens (including phenoxy) is 2. The van der Waals surface area contributed by atoms with Crippen molar-refractivity contribution in [1.29, 1.82) is 0 Å². The van der Waals surface area contributed by atoms with Crippen LogP contribution in [0.1, 0.15) is 20.7 Å². The van der Waals surface area contributed by atoms with Crippen LogP contribution in [-0.2, 0) is 0 Å². The lowest BCUT2D eigenvalue weighted by Crippen LogP contribution is -2.14. The number of benzene rings is 2. The normalized spacial score (nSPS) is 10.2. The number of methoxy groups -OCH3 is 1. The Bertz CT molecular complexity index is 990. The third-order valence-electron chi connectivity index (χ3n) is 3.86. The van der Waals surface area contributed by atoms with Gasteiger partial charge in [-0.15, -0.1) is 11.8 Å².